The van der Waals surface area contributed by atoms with Gasteiger partial charge in [0.05, 0.1) is 0 Å². The lowest BCUT2D eigenvalue weighted by Gasteiger charge is -2.19. The molecule has 120 valence electrons. The molecule has 0 saturated carbocycles. The lowest BCUT2D eigenvalue weighted by Crippen LogP contribution is -2.27. The molecule has 0 radical (unpaired) electrons. The van der Waals surface area contributed by atoms with Gasteiger partial charge >= 0.3 is 6.09 Å². The minimum absolute atomic E-state index is 0.480. The highest BCUT2D eigenvalue weighted by atomic mass is 32.1. The van der Waals surface area contributed by atoms with Crippen molar-refractivity contribution in [2.75, 3.05) is 10.6 Å². The number of thiophene rings is 1. The molecular weight excluding hydrogens is 310 g/mol. The zero-order valence-corrected chi connectivity index (χ0v) is 14.2. The van der Waals surface area contributed by atoms with Crippen LogP contribution in [0.1, 0.15) is 30.5 Å². The number of nitriles is 1. The van der Waals surface area contributed by atoms with Crippen molar-refractivity contribution in [3.05, 3.63) is 46.2 Å². The Kier molecular flexibility index (Phi) is 5.24. The molecule has 1 aromatic heterocycles. The van der Waals surface area contributed by atoms with Gasteiger partial charge in [-0.3, -0.25) is 5.32 Å². The van der Waals surface area contributed by atoms with E-state index in [4.69, 9.17) is 10.00 Å². The van der Waals surface area contributed by atoms with Gasteiger partial charge in [0.15, 0.2) is 0 Å². The average Bonchev–Trinajstić information content (AvgIpc) is 2.91. The predicted molar refractivity (Wildman–Crippen MR) is 92.7 cm³/mol. The minimum Gasteiger partial charge on any atom is -0.444 e. The summed E-state index contributed by atoms with van der Waals surface area (Å²) in [6, 6.07) is 13.3. The molecule has 23 heavy (non-hydrogen) atoms. The van der Waals surface area contributed by atoms with E-state index in [2.05, 4.69) is 16.7 Å². The van der Waals surface area contributed by atoms with Gasteiger partial charge < -0.3 is 10.1 Å². The average molecular weight is 329 g/mol. The summed E-state index contributed by atoms with van der Waals surface area (Å²) in [5.41, 5.74) is 1.01. The van der Waals surface area contributed by atoms with Crippen molar-refractivity contribution in [2.24, 2.45) is 0 Å². The first-order valence-corrected chi connectivity index (χ1v) is 8.00. The van der Waals surface area contributed by atoms with E-state index < -0.39 is 11.7 Å². The van der Waals surface area contributed by atoms with Crippen LogP contribution in [0.15, 0.2) is 36.4 Å². The molecule has 0 unspecified atom stereocenters. The van der Waals surface area contributed by atoms with Crippen LogP contribution in [0.4, 0.5) is 16.2 Å². The maximum atomic E-state index is 11.8. The number of nitrogens with one attached hydrogen (secondary N) is 2. The number of amides is 1. The van der Waals surface area contributed by atoms with Crippen molar-refractivity contribution in [1.82, 2.24) is 0 Å². The molecule has 2 rings (SSSR count). The lowest BCUT2D eigenvalue weighted by atomic mass is 10.2. The fourth-order valence-electron chi connectivity index (χ4n) is 1.85. The van der Waals surface area contributed by atoms with Crippen LogP contribution >= 0.6 is 11.3 Å². The Morgan fingerprint density at radius 3 is 2.65 bits per heavy atom. The zero-order chi connectivity index (χ0) is 16.9. The molecule has 0 fully saturated rings. The van der Waals surface area contributed by atoms with Gasteiger partial charge in [-0.15, -0.1) is 11.3 Å². The molecule has 1 aromatic carbocycles. The molecule has 1 amide bonds. The van der Waals surface area contributed by atoms with E-state index in [1.165, 1.54) is 11.3 Å². The van der Waals surface area contributed by atoms with Crippen molar-refractivity contribution in [3.63, 3.8) is 0 Å². The fraction of sp³-hybridized carbons (Fsp3) is 0.294. The summed E-state index contributed by atoms with van der Waals surface area (Å²) in [7, 11) is 0. The molecule has 0 saturated heterocycles. The van der Waals surface area contributed by atoms with E-state index >= 15 is 0 Å². The van der Waals surface area contributed by atoms with Gasteiger partial charge in [0.1, 0.15) is 16.5 Å². The first-order chi connectivity index (χ1) is 10.9. The van der Waals surface area contributed by atoms with Gasteiger partial charge in [0, 0.05) is 22.8 Å². The highest BCUT2D eigenvalue weighted by Crippen LogP contribution is 2.20. The highest BCUT2D eigenvalue weighted by molar-refractivity contribution is 7.12. The van der Waals surface area contributed by atoms with Crippen LogP contribution in [0.25, 0.3) is 0 Å². The quantitative estimate of drug-likeness (QED) is 0.861. The molecule has 1 heterocycles. The Balaban J connectivity index is 1.94. The van der Waals surface area contributed by atoms with Crippen molar-refractivity contribution in [1.29, 1.82) is 5.26 Å². The van der Waals surface area contributed by atoms with Gasteiger partial charge in [-0.1, -0.05) is 6.07 Å². The second kappa shape index (κ2) is 7.16. The van der Waals surface area contributed by atoms with E-state index in [-0.39, 0.29) is 0 Å². The summed E-state index contributed by atoms with van der Waals surface area (Å²) in [5.74, 6) is 0. The number of nitrogens with zero attached hydrogens (tertiary/aromatic N) is 1. The number of carbonyl (C=O) groups is 1. The smallest absolute Gasteiger partial charge is 0.412 e. The van der Waals surface area contributed by atoms with Gasteiger partial charge in [0.25, 0.3) is 0 Å². The van der Waals surface area contributed by atoms with Crippen LogP contribution in [0.2, 0.25) is 0 Å². The van der Waals surface area contributed by atoms with Gasteiger partial charge in [0.2, 0.25) is 0 Å². The number of benzene rings is 1. The summed E-state index contributed by atoms with van der Waals surface area (Å²) in [6.45, 7) is 6.09. The van der Waals surface area contributed by atoms with E-state index in [9.17, 15) is 4.79 Å². The van der Waals surface area contributed by atoms with E-state index in [0.717, 1.165) is 10.6 Å². The first-order valence-electron chi connectivity index (χ1n) is 7.18. The molecule has 0 aliphatic rings. The molecule has 5 nitrogen and oxygen atoms in total. The van der Waals surface area contributed by atoms with E-state index in [1.54, 1.807) is 6.07 Å². The number of hydrogen-bond donors (Lipinski definition) is 2. The standard InChI is InChI=1S/C17H19N3O2S/c1-17(2,3)22-16(21)20-13-6-4-5-12(9-13)19-11-15-8-7-14(10-18)23-15/h4-9,19H,11H2,1-3H3,(H,20,21). The van der Waals surface area contributed by atoms with Crippen LogP contribution in [0, 0.1) is 11.3 Å². The predicted octanol–water partition coefficient (Wildman–Crippen LogP) is 4.58. The lowest BCUT2D eigenvalue weighted by molar-refractivity contribution is 0.0636. The molecule has 0 aliphatic carbocycles. The fourth-order valence-corrected chi connectivity index (χ4v) is 2.60. The number of carbonyl (C=O) groups excluding carboxylic acids is 1. The van der Waals surface area contributed by atoms with Crippen LogP contribution in [-0.2, 0) is 11.3 Å². The Morgan fingerprint density at radius 1 is 1.26 bits per heavy atom. The summed E-state index contributed by atoms with van der Waals surface area (Å²) in [6.07, 6.45) is -0.480. The topological polar surface area (TPSA) is 74.2 Å². The molecule has 0 bridgehead atoms. The first kappa shape index (κ1) is 16.8. The second-order valence-electron chi connectivity index (χ2n) is 5.94. The number of hydrogen-bond acceptors (Lipinski definition) is 5. The van der Waals surface area contributed by atoms with Crippen molar-refractivity contribution < 1.29 is 9.53 Å². The zero-order valence-electron chi connectivity index (χ0n) is 13.3. The van der Waals surface area contributed by atoms with Crippen LogP contribution < -0.4 is 10.6 Å². The largest absolute Gasteiger partial charge is 0.444 e. The molecule has 6 heteroatoms. The van der Waals surface area contributed by atoms with Gasteiger partial charge in [-0.2, -0.15) is 5.26 Å². The Labute approximate surface area is 139 Å². The molecular formula is C17H19N3O2S. The summed E-state index contributed by atoms with van der Waals surface area (Å²) in [5, 5.41) is 14.8. The van der Waals surface area contributed by atoms with E-state index in [1.807, 2.05) is 51.1 Å². The van der Waals surface area contributed by atoms with Crippen molar-refractivity contribution >= 4 is 28.8 Å². The molecule has 0 atom stereocenters. The number of rotatable bonds is 4. The summed E-state index contributed by atoms with van der Waals surface area (Å²) in [4.78, 5) is 13.5. The third-order valence-corrected chi connectivity index (χ3v) is 3.74. The van der Waals surface area contributed by atoms with Crippen LogP contribution in [0.5, 0.6) is 0 Å². The minimum atomic E-state index is -0.530. The summed E-state index contributed by atoms with van der Waals surface area (Å²) < 4.78 is 5.23. The Bertz CT molecular complexity index is 726. The van der Waals surface area contributed by atoms with Gasteiger partial charge in [-0.05, 0) is 51.1 Å². The SMILES string of the molecule is CC(C)(C)OC(=O)Nc1cccc(NCc2ccc(C#N)s2)c1. The number of ether oxygens (including phenoxy) is 1. The van der Waals surface area contributed by atoms with Crippen LogP contribution in [0.3, 0.4) is 0 Å². The van der Waals surface area contributed by atoms with Crippen molar-refractivity contribution in [2.45, 2.75) is 32.9 Å². The number of anilines is 2. The monoisotopic (exact) mass is 329 g/mol. The Hall–Kier alpha value is -2.52. The Morgan fingerprint density at radius 2 is 2.00 bits per heavy atom. The summed E-state index contributed by atoms with van der Waals surface area (Å²) >= 11 is 1.46. The molecule has 2 aromatic rings. The highest BCUT2D eigenvalue weighted by Gasteiger charge is 2.16. The van der Waals surface area contributed by atoms with Crippen LogP contribution in [-0.4, -0.2) is 11.7 Å². The third kappa shape index (κ3) is 5.64. The molecule has 0 spiro atoms. The second-order valence-corrected chi connectivity index (χ2v) is 7.11. The maximum Gasteiger partial charge on any atom is 0.412 e. The third-order valence-electron chi connectivity index (χ3n) is 2.75. The maximum absolute atomic E-state index is 11.8. The normalized spacial score (nSPS) is 10.7. The van der Waals surface area contributed by atoms with Crippen molar-refractivity contribution in [3.8, 4) is 6.07 Å². The molecule has 2 N–H and O–H groups in total. The molecule has 0 aliphatic heterocycles. The van der Waals surface area contributed by atoms with Gasteiger partial charge in [-0.25, -0.2) is 4.79 Å². The van der Waals surface area contributed by atoms with E-state index in [0.29, 0.717) is 17.1 Å².